The molecule has 0 aliphatic carbocycles. The topological polar surface area (TPSA) is 30.2 Å². The quantitative estimate of drug-likeness (QED) is 0.406. The Kier molecular flexibility index (Phi) is 3.25. The van der Waals surface area contributed by atoms with Crippen LogP contribution in [0.2, 0.25) is 0 Å². The lowest BCUT2D eigenvalue weighted by atomic mass is 10.2. The molecule has 0 atom stereocenters. The van der Waals surface area contributed by atoms with Gasteiger partial charge in [0.15, 0.2) is 6.20 Å². The fourth-order valence-corrected chi connectivity index (χ4v) is 1.44. The largest absolute Gasteiger partial charge is 0.465 e. The average Bonchev–Trinajstić information content (AvgIpc) is 2.16. The molecule has 0 aliphatic heterocycles. The number of nitrogens with zero attached hydrogens (tertiary/aromatic N) is 1. The van der Waals surface area contributed by atoms with E-state index in [1.165, 1.54) is 7.11 Å². The van der Waals surface area contributed by atoms with Gasteiger partial charge < -0.3 is 4.74 Å². The maximum absolute atomic E-state index is 11.3. The highest BCUT2D eigenvalue weighted by atomic mass is 35.5. The Bertz CT molecular complexity index is 325. The highest BCUT2D eigenvalue weighted by Crippen LogP contribution is 2.07. The predicted molar refractivity (Wildman–Crippen MR) is 48.5 cm³/mol. The van der Waals surface area contributed by atoms with Crippen LogP contribution in [0.5, 0.6) is 0 Å². The molecule has 0 aliphatic rings. The van der Waals surface area contributed by atoms with Crippen LogP contribution < -0.4 is 4.57 Å². The monoisotopic (exact) mass is 200 g/mol. The standard InChI is InChI=1S/C9H11ClNO2/c1-11-5-3-4-7(8(11)6-10)9(12)13-2/h3-5H,6H2,1-2H3/q+1. The van der Waals surface area contributed by atoms with Crippen molar-refractivity contribution in [2.45, 2.75) is 5.88 Å². The van der Waals surface area contributed by atoms with E-state index in [2.05, 4.69) is 4.74 Å². The number of esters is 1. The van der Waals surface area contributed by atoms with Gasteiger partial charge in [0.2, 0.25) is 5.69 Å². The molecule has 0 saturated carbocycles. The van der Waals surface area contributed by atoms with Gasteiger partial charge in [0.1, 0.15) is 18.5 Å². The molecule has 1 aromatic rings. The summed E-state index contributed by atoms with van der Waals surface area (Å²) < 4.78 is 6.43. The number of rotatable bonds is 2. The SMILES string of the molecule is COC(=O)c1ccc[n+](C)c1CCl. The number of hydrogen-bond donors (Lipinski definition) is 0. The van der Waals surface area contributed by atoms with E-state index in [0.29, 0.717) is 11.4 Å². The third kappa shape index (κ3) is 1.98. The predicted octanol–water partition coefficient (Wildman–Crippen LogP) is 1.04. The van der Waals surface area contributed by atoms with Gasteiger partial charge in [-0.25, -0.2) is 9.36 Å². The van der Waals surface area contributed by atoms with Crippen LogP contribution in [0.4, 0.5) is 0 Å². The maximum Gasteiger partial charge on any atom is 0.344 e. The van der Waals surface area contributed by atoms with Crippen LogP contribution in [0.15, 0.2) is 18.3 Å². The number of halogens is 1. The first-order valence-corrected chi connectivity index (χ1v) is 4.36. The van der Waals surface area contributed by atoms with Crippen molar-refractivity contribution < 1.29 is 14.1 Å². The number of carbonyl (C=O) groups is 1. The van der Waals surface area contributed by atoms with Crippen LogP contribution in [-0.2, 0) is 17.7 Å². The molecule has 70 valence electrons. The first-order chi connectivity index (χ1) is 6.20. The second-order valence-electron chi connectivity index (χ2n) is 2.60. The van der Waals surface area contributed by atoms with Crippen molar-refractivity contribution in [2.24, 2.45) is 7.05 Å². The van der Waals surface area contributed by atoms with E-state index in [1.54, 1.807) is 16.7 Å². The third-order valence-electron chi connectivity index (χ3n) is 1.84. The molecule has 0 unspecified atom stereocenters. The zero-order chi connectivity index (χ0) is 9.84. The van der Waals surface area contributed by atoms with E-state index >= 15 is 0 Å². The van der Waals surface area contributed by atoms with Gasteiger partial charge >= 0.3 is 5.97 Å². The molecule has 1 heterocycles. The molecule has 0 saturated heterocycles. The smallest absolute Gasteiger partial charge is 0.344 e. The average molecular weight is 201 g/mol. The first-order valence-electron chi connectivity index (χ1n) is 3.82. The molecule has 0 N–H and O–H groups in total. The second kappa shape index (κ2) is 4.23. The number of hydrogen-bond acceptors (Lipinski definition) is 2. The summed E-state index contributed by atoms with van der Waals surface area (Å²) in [6.07, 6.45) is 1.84. The molecule has 1 rings (SSSR count). The van der Waals surface area contributed by atoms with E-state index < -0.39 is 0 Å². The van der Waals surface area contributed by atoms with Crippen molar-refractivity contribution in [3.63, 3.8) is 0 Å². The van der Waals surface area contributed by atoms with Gasteiger partial charge in [-0.3, -0.25) is 0 Å². The molecule has 0 spiro atoms. The van der Waals surface area contributed by atoms with Gasteiger partial charge in [-0.2, -0.15) is 0 Å². The summed E-state index contributed by atoms with van der Waals surface area (Å²) in [4.78, 5) is 11.3. The third-order valence-corrected chi connectivity index (χ3v) is 2.09. The number of methoxy groups -OCH3 is 1. The summed E-state index contributed by atoms with van der Waals surface area (Å²) in [5.74, 6) is -0.0613. The highest BCUT2D eigenvalue weighted by Gasteiger charge is 2.18. The van der Waals surface area contributed by atoms with Crippen LogP contribution >= 0.6 is 11.6 Å². The summed E-state index contributed by atoms with van der Waals surface area (Å²) in [5, 5.41) is 0. The van der Waals surface area contributed by atoms with Crippen molar-refractivity contribution in [1.29, 1.82) is 0 Å². The number of ether oxygens (including phenoxy) is 1. The minimum absolute atomic E-state index is 0.293. The number of alkyl halides is 1. The van der Waals surface area contributed by atoms with E-state index in [9.17, 15) is 4.79 Å². The van der Waals surface area contributed by atoms with E-state index in [0.717, 1.165) is 5.69 Å². The zero-order valence-corrected chi connectivity index (χ0v) is 8.34. The molecule has 3 nitrogen and oxygen atoms in total. The molecular formula is C9H11ClNO2+. The first kappa shape index (κ1) is 9.99. The lowest BCUT2D eigenvalue weighted by Gasteiger charge is -2.01. The minimum atomic E-state index is -0.355. The summed E-state index contributed by atoms with van der Waals surface area (Å²) >= 11 is 5.71. The van der Waals surface area contributed by atoms with E-state index in [1.807, 2.05) is 13.2 Å². The van der Waals surface area contributed by atoms with Crippen LogP contribution in [0.25, 0.3) is 0 Å². The highest BCUT2D eigenvalue weighted by molar-refractivity contribution is 6.17. The Morgan fingerprint density at radius 2 is 2.38 bits per heavy atom. The Morgan fingerprint density at radius 1 is 1.69 bits per heavy atom. The van der Waals surface area contributed by atoms with Gasteiger partial charge in [0, 0.05) is 6.07 Å². The summed E-state index contributed by atoms with van der Waals surface area (Å²) in [6, 6.07) is 3.48. The van der Waals surface area contributed by atoms with Gasteiger partial charge in [0.25, 0.3) is 0 Å². The number of carbonyl (C=O) groups excluding carboxylic acids is 1. The maximum atomic E-state index is 11.3. The number of pyridine rings is 1. The van der Waals surface area contributed by atoms with Crippen molar-refractivity contribution in [3.8, 4) is 0 Å². The molecular weight excluding hydrogens is 190 g/mol. The van der Waals surface area contributed by atoms with Gasteiger partial charge in [0.05, 0.1) is 7.11 Å². The molecule has 0 radical (unpaired) electrons. The lowest BCUT2D eigenvalue weighted by Crippen LogP contribution is -2.34. The van der Waals surface area contributed by atoms with Crippen LogP contribution in [0.1, 0.15) is 16.1 Å². The Balaban J connectivity index is 3.20. The number of aromatic nitrogens is 1. The van der Waals surface area contributed by atoms with Gasteiger partial charge in [-0.15, -0.1) is 11.6 Å². The molecule has 0 bridgehead atoms. The fourth-order valence-electron chi connectivity index (χ4n) is 1.11. The molecule has 0 aromatic carbocycles. The molecule has 4 heteroatoms. The van der Waals surface area contributed by atoms with E-state index in [-0.39, 0.29) is 5.97 Å². The fraction of sp³-hybridized carbons (Fsp3) is 0.333. The lowest BCUT2D eigenvalue weighted by molar-refractivity contribution is -0.678. The normalized spacial score (nSPS) is 9.77. The van der Waals surface area contributed by atoms with Crippen molar-refractivity contribution in [1.82, 2.24) is 0 Å². The summed E-state index contributed by atoms with van der Waals surface area (Å²) in [6.45, 7) is 0. The van der Waals surface area contributed by atoms with Crippen LogP contribution in [-0.4, -0.2) is 13.1 Å². The Labute approximate surface area is 81.9 Å². The number of aryl methyl sites for hydroxylation is 1. The van der Waals surface area contributed by atoms with Crippen molar-refractivity contribution in [3.05, 3.63) is 29.6 Å². The van der Waals surface area contributed by atoms with Gasteiger partial charge in [-0.05, 0) is 6.07 Å². The zero-order valence-electron chi connectivity index (χ0n) is 7.58. The van der Waals surface area contributed by atoms with Crippen molar-refractivity contribution in [2.75, 3.05) is 7.11 Å². The molecule has 0 amide bonds. The van der Waals surface area contributed by atoms with Crippen molar-refractivity contribution >= 4 is 17.6 Å². The molecule has 1 aromatic heterocycles. The van der Waals surface area contributed by atoms with Crippen LogP contribution in [0.3, 0.4) is 0 Å². The minimum Gasteiger partial charge on any atom is -0.465 e. The Morgan fingerprint density at radius 3 is 2.92 bits per heavy atom. The molecule has 13 heavy (non-hydrogen) atoms. The molecule has 0 fully saturated rings. The Hall–Kier alpha value is -1.09. The summed E-state index contributed by atoms with van der Waals surface area (Å²) in [5.41, 5.74) is 1.28. The van der Waals surface area contributed by atoms with Gasteiger partial charge in [-0.1, -0.05) is 0 Å². The summed E-state index contributed by atoms with van der Waals surface area (Å²) in [7, 11) is 3.19. The second-order valence-corrected chi connectivity index (χ2v) is 2.87. The van der Waals surface area contributed by atoms with Crippen LogP contribution in [0, 0.1) is 0 Å². The van der Waals surface area contributed by atoms with E-state index in [4.69, 9.17) is 11.6 Å².